The Balaban J connectivity index is 1.99. The predicted octanol–water partition coefficient (Wildman–Crippen LogP) is 3.66. The zero-order valence-corrected chi connectivity index (χ0v) is 10.6. The van der Waals surface area contributed by atoms with Gasteiger partial charge in [-0.25, -0.2) is 4.98 Å². The van der Waals surface area contributed by atoms with Gasteiger partial charge in [0.05, 0.1) is 0 Å². The maximum atomic E-state index is 5.82. The predicted molar refractivity (Wildman–Crippen MR) is 75.5 cm³/mol. The molecule has 0 aliphatic rings. The van der Waals surface area contributed by atoms with Gasteiger partial charge >= 0.3 is 0 Å². The van der Waals surface area contributed by atoms with Gasteiger partial charge in [0.25, 0.3) is 0 Å². The lowest BCUT2D eigenvalue weighted by Crippen LogP contribution is -1.97. The summed E-state index contributed by atoms with van der Waals surface area (Å²) >= 11 is 5.82. The van der Waals surface area contributed by atoms with Crippen LogP contribution in [0.1, 0.15) is 0 Å². The molecule has 0 radical (unpaired) electrons. The lowest BCUT2D eigenvalue weighted by atomic mass is 10.1. The number of hydrogen-bond donors (Lipinski definition) is 1. The molecule has 2 aromatic carbocycles. The molecule has 1 aromatic heterocycles. The number of hydrogen-bond acceptors (Lipinski definition) is 4. The number of rotatable bonds is 2. The summed E-state index contributed by atoms with van der Waals surface area (Å²) in [6.45, 7) is 0. The van der Waals surface area contributed by atoms with Gasteiger partial charge in [-0.15, -0.1) is 0 Å². The van der Waals surface area contributed by atoms with E-state index in [-0.39, 0.29) is 16.7 Å². The molecule has 0 fully saturated rings. The molecule has 0 amide bonds. The van der Waals surface area contributed by atoms with Crippen LogP contribution in [0.4, 0.5) is 5.69 Å². The van der Waals surface area contributed by atoms with Crippen molar-refractivity contribution in [1.29, 1.82) is 0 Å². The normalized spacial score (nSPS) is 10.6. The fraction of sp³-hybridized carbons (Fsp3) is 0. The monoisotopic (exact) mass is 271 g/mol. The average molecular weight is 272 g/mol. The van der Waals surface area contributed by atoms with E-state index in [4.69, 9.17) is 22.1 Å². The van der Waals surface area contributed by atoms with E-state index in [2.05, 4.69) is 9.97 Å². The van der Waals surface area contributed by atoms with Crippen molar-refractivity contribution in [3.8, 4) is 11.6 Å². The van der Waals surface area contributed by atoms with Crippen LogP contribution in [0.25, 0.3) is 10.8 Å². The van der Waals surface area contributed by atoms with E-state index in [1.807, 2.05) is 42.5 Å². The second-order valence-corrected chi connectivity index (χ2v) is 4.35. The van der Waals surface area contributed by atoms with E-state index in [0.717, 1.165) is 10.8 Å². The van der Waals surface area contributed by atoms with Crippen molar-refractivity contribution in [2.75, 3.05) is 5.73 Å². The smallest absolute Gasteiger partial charge is 0.247 e. The van der Waals surface area contributed by atoms with Crippen molar-refractivity contribution in [2.24, 2.45) is 0 Å². The van der Waals surface area contributed by atoms with Crippen molar-refractivity contribution >= 4 is 28.1 Å². The van der Waals surface area contributed by atoms with Gasteiger partial charge in [-0.2, -0.15) is 4.98 Å². The first kappa shape index (κ1) is 11.7. The Morgan fingerprint density at radius 3 is 2.63 bits per heavy atom. The first-order valence-electron chi connectivity index (χ1n) is 5.66. The highest BCUT2D eigenvalue weighted by Crippen LogP contribution is 2.30. The molecule has 0 atom stereocenters. The number of nitrogens with zero attached hydrogens (tertiary/aromatic N) is 2. The molecule has 2 N–H and O–H groups in total. The zero-order chi connectivity index (χ0) is 13.2. The summed E-state index contributed by atoms with van der Waals surface area (Å²) in [6.07, 6.45) is 1.31. The van der Waals surface area contributed by atoms with Crippen LogP contribution in [0.2, 0.25) is 5.15 Å². The molecular formula is C14H10ClN3O. The topological polar surface area (TPSA) is 61.0 Å². The summed E-state index contributed by atoms with van der Waals surface area (Å²) in [5.74, 6) is 0.912. The molecule has 0 spiro atoms. The van der Waals surface area contributed by atoms with Gasteiger partial charge < -0.3 is 10.5 Å². The van der Waals surface area contributed by atoms with Gasteiger partial charge in [0.1, 0.15) is 17.8 Å². The third-order valence-corrected chi connectivity index (χ3v) is 3.04. The Kier molecular flexibility index (Phi) is 2.93. The molecule has 4 nitrogen and oxygen atoms in total. The van der Waals surface area contributed by atoms with Crippen LogP contribution in [0.3, 0.4) is 0 Å². The van der Waals surface area contributed by atoms with E-state index in [0.29, 0.717) is 5.75 Å². The first-order chi connectivity index (χ1) is 9.24. The standard InChI is InChI=1S/C14H10ClN3O/c15-13-12(16)14(18-8-17-13)19-11-6-5-9-3-1-2-4-10(9)7-11/h1-8H,16H2. The number of aromatic nitrogens is 2. The van der Waals surface area contributed by atoms with Crippen molar-refractivity contribution in [1.82, 2.24) is 9.97 Å². The molecule has 0 aliphatic heterocycles. The second kappa shape index (κ2) is 4.74. The van der Waals surface area contributed by atoms with E-state index >= 15 is 0 Å². The summed E-state index contributed by atoms with van der Waals surface area (Å²) in [4.78, 5) is 7.75. The lowest BCUT2D eigenvalue weighted by Gasteiger charge is -2.08. The van der Waals surface area contributed by atoms with Crippen LogP contribution in [0.5, 0.6) is 11.6 Å². The quantitative estimate of drug-likeness (QED) is 0.723. The number of ether oxygens (including phenoxy) is 1. The summed E-state index contributed by atoms with van der Waals surface area (Å²) < 4.78 is 5.64. The SMILES string of the molecule is Nc1c(Cl)ncnc1Oc1ccc2ccccc2c1. The highest BCUT2D eigenvalue weighted by molar-refractivity contribution is 6.32. The van der Waals surface area contributed by atoms with Gasteiger partial charge in [-0.05, 0) is 22.9 Å². The summed E-state index contributed by atoms with van der Waals surface area (Å²) in [7, 11) is 0. The first-order valence-corrected chi connectivity index (χ1v) is 6.04. The maximum Gasteiger partial charge on any atom is 0.247 e. The fourth-order valence-corrected chi connectivity index (χ4v) is 1.91. The molecule has 3 rings (SSSR count). The minimum atomic E-state index is 0.186. The lowest BCUT2D eigenvalue weighted by molar-refractivity contribution is 0.465. The van der Waals surface area contributed by atoms with Crippen LogP contribution in [0, 0.1) is 0 Å². The third-order valence-electron chi connectivity index (χ3n) is 2.73. The van der Waals surface area contributed by atoms with Gasteiger partial charge in [0.2, 0.25) is 5.88 Å². The minimum Gasteiger partial charge on any atom is -0.437 e. The molecule has 1 heterocycles. The third kappa shape index (κ3) is 2.30. The van der Waals surface area contributed by atoms with Crippen LogP contribution < -0.4 is 10.5 Å². The van der Waals surface area contributed by atoms with E-state index in [1.54, 1.807) is 0 Å². The number of anilines is 1. The molecule has 0 saturated carbocycles. The molecule has 0 aliphatic carbocycles. The number of fused-ring (bicyclic) bond motifs is 1. The average Bonchev–Trinajstić information content (AvgIpc) is 2.44. The Hall–Kier alpha value is -2.33. The maximum absolute atomic E-state index is 5.82. The molecular weight excluding hydrogens is 262 g/mol. The molecule has 5 heteroatoms. The number of nitrogen functional groups attached to an aromatic ring is 1. The number of nitrogens with two attached hydrogens (primary N) is 1. The van der Waals surface area contributed by atoms with Crippen LogP contribution in [0.15, 0.2) is 48.8 Å². The largest absolute Gasteiger partial charge is 0.437 e. The fourth-order valence-electron chi connectivity index (χ4n) is 1.78. The van der Waals surface area contributed by atoms with Crippen LogP contribution in [-0.4, -0.2) is 9.97 Å². The van der Waals surface area contributed by atoms with Gasteiger partial charge in [-0.3, -0.25) is 0 Å². The molecule has 0 unspecified atom stereocenters. The Labute approximate surface area is 114 Å². The molecule has 0 bridgehead atoms. The number of halogens is 1. The second-order valence-electron chi connectivity index (χ2n) is 3.99. The minimum absolute atomic E-state index is 0.186. The van der Waals surface area contributed by atoms with Crippen molar-refractivity contribution in [3.05, 3.63) is 53.9 Å². The molecule has 3 aromatic rings. The van der Waals surface area contributed by atoms with Crippen molar-refractivity contribution in [3.63, 3.8) is 0 Å². The highest BCUT2D eigenvalue weighted by Gasteiger charge is 2.08. The Morgan fingerprint density at radius 2 is 1.79 bits per heavy atom. The van der Waals surface area contributed by atoms with E-state index in [9.17, 15) is 0 Å². The number of benzene rings is 2. The summed E-state index contributed by atoms with van der Waals surface area (Å²) in [5.41, 5.74) is 5.99. The van der Waals surface area contributed by atoms with Gasteiger partial charge in [-0.1, -0.05) is 41.9 Å². The zero-order valence-electron chi connectivity index (χ0n) is 9.88. The highest BCUT2D eigenvalue weighted by atomic mass is 35.5. The summed E-state index contributed by atoms with van der Waals surface area (Å²) in [5, 5.41) is 2.41. The van der Waals surface area contributed by atoms with E-state index in [1.165, 1.54) is 6.33 Å². The Morgan fingerprint density at radius 1 is 1.00 bits per heavy atom. The van der Waals surface area contributed by atoms with Crippen LogP contribution >= 0.6 is 11.6 Å². The van der Waals surface area contributed by atoms with Crippen LogP contribution in [-0.2, 0) is 0 Å². The van der Waals surface area contributed by atoms with E-state index < -0.39 is 0 Å². The van der Waals surface area contributed by atoms with Crippen molar-refractivity contribution < 1.29 is 4.74 Å². The van der Waals surface area contributed by atoms with Gasteiger partial charge in [0, 0.05) is 0 Å². The molecule has 19 heavy (non-hydrogen) atoms. The summed E-state index contributed by atoms with van der Waals surface area (Å²) in [6, 6.07) is 13.8. The van der Waals surface area contributed by atoms with Crippen molar-refractivity contribution in [2.45, 2.75) is 0 Å². The van der Waals surface area contributed by atoms with Gasteiger partial charge in [0.15, 0.2) is 5.15 Å². The Bertz CT molecular complexity index is 746. The molecule has 0 saturated heterocycles. The molecule has 94 valence electrons.